The van der Waals surface area contributed by atoms with Crippen molar-refractivity contribution in [3.63, 3.8) is 0 Å². The quantitative estimate of drug-likeness (QED) is 0.646. The highest BCUT2D eigenvalue weighted by Crippen LogP contribution is 2.34. The van der Waals surface area contributed by atoms with E-state index in [9.17, 15) is 14.4 Å². The van der Waals surface area contributed by atoms with E-state index < -0.39 is 0 Å². The Labute approximate surface area is 207 Å². The van der Waals surface area contributed by atoms with E-state index in [1.165, 1.54) is 32.1 Å². The number of fused-ring (bicyclic) bond motifs is 2. The summed E-state index contributed by atoms with van der Waals surface area (Å²) in [6.07, 6.45) is 9.45. The molecule has 2 aliphatic heterocycles. The van der Waals surface area contributed by atoms with Gasteiger partial charge in [0.25, 0.3) is 5.91 Å². The minimum absolute atomic E-state index is 0.00656. The third-order valence-electron chi connectivity index (χ3n) is 7.95. The number of likely N-dealkylation sites (N-methyl/N-ethyl adjacent to an activating group) is 1. The molecule has 2 heterocycles. The van der Waals surface area contributed by atoms with Crippen LogP contribution in [0.1, 0.15) is 74.6 Å². The summed E-state index contributed by atoms with van der Waals surface area (Å²) in [6, 6.07) is 5.09. The summed E-state index contributed by atoms with van der Waals surface area (Å²) in [5.74, 6) is 1.08. The number of anilines is 1. The van der Waals surface area contributed by atoms with Crippen LogP contribution in [0, 0.1) is 11.8 Å². The van der Waals surface area contributed by atoms with Crippen LogP contribution in [0.2, 0.25) is 0 Å². The van der Waals surface area contributed by atoms with Crippen LogP contribution in [-0.2, 0) is 14.3 Å². The number of carbonyl (C=O) groups excluding carboxylic acids is 3. The number of hydrogen-bond donors (Lipinski definition) is 2. The van der Waals surface area contributed by atoms with Crippen molar-refractivity contribution in [1.29, 1.82) is 0 Å². The predicted molar refractivity (Wildman–Crippen MR) is 131 cm³/mol. The topological polar surface area (TPSA) is 97.0 Å². The van der Waals surface area contributed by atoms with E-state index in [0.717, 1.165) is 32.2 Å². The van der Waals surface area contributed by atoms with Crippen molar-refractivity contribution in [2.45, 2.75) is 82.5 Å². The highest BCUT2D eigenvalue weighted by atomic mass is 16.5. The van der Waals surface area contributed by atoms with Gasteiger partial charge in [-0.25, -0.2) is 0 Å². The first-order valence-electron chi connectivity index (χ1n) is 13.2. The monoisotopic (exact) mass is 483 g/mol. The molecule has 190 valence electrons. The first kappa shape index (κ1) is 24.1. The van der Waals surface area contributed by atoms with Crippen molar-refractivity contribution >= 4 is 23.4 Å². The van der Waals surface area contributed by atoms with Gasteiger partial charge in [-0.05, 0) is 62.6 Å². The SMILES string of the molecule is CN1C(=O)c2cc(NC(=O)C3CC3)ccc2OC[C@@H]2O[C@H](CC(=O)NCC3CCCCC3)CC[C@H]21. The van der Waals surface area contributed by atoms with E-state index in [1.54, 1.807) is 30.1 Å². The molecule has 35 heavy (non-hydrogen) atoms. The summed E-state index contributed by atoms with van der Waals surface area (Å²) in [6.45, 7) is 1.07. The molecule has 1 aromatic carbocycles. The zero-order valence-electron chi connectivity index (χ0n) is 20.6. The molecule has 0 spiro atoms. The Morgan fingerprint density at radius 3 is 2.63 bits per heavy atom. The highest BCUT2D eigenvalue weighted by molar-refractivity contribution is 6.00. The third kappa shape index (κ3) is 5.80. The van der Waals surface area contributed by atoms with Crippen LogP contribution in [0.3, 0.4) is 0 Å². The summed E-state index contributed by atoms with van der Waals surface area (Å²) in [7, 11) is 1.80. The van der Waals surface area contributed by atoms with E-state index in [1.807, 2.05) is 0 Å². The number of rotatable bonds is 6. The van der Waals surface area contributed by atoms with Crippen LogP contribution in [-0.4, -0.2) is 61.1 Å². The third-order valence-corrected chi connectivity index (χ3v) is 7.95. The van der Waals surface area contributed by atoms with Crippen LogP contribution in [0.25, 0.3) is 0 Å². The molecule has 3 atom stereocenters. The zero-order valence-corrected chi connectivity index (χ0v) is 20.6. The second-order valence-electron chi connectivity index (χ2n) is 10.7. The minimum atomic E-state index is -0.295. The number of nitrogens with one attached hydrogen (secondary N) is 2. The second kappa shape index (κ2) is 10.6. The molecule has 2 N–H and O–H groups in total. The Hall–Kier alpha value is -2.61. The van der Waals surface area contributed by atoms with Gasteiger partial charge in [0.05, 0.1) is 24.1 Å². The van der Waals surface area contributed by atoms with Crippen molar-refractivity contribution in [2.75, 3.05) is 25.5 Å². The highest BCUT2D eigenvalue weighted by Gasteiger charge is 2.39. The van der Waals surface area contributed by atoms with Crippen molar-refractivity contribution < 1.29 is 23.9 Å². The lowest BCUT2D eigenvalue weighted by atomic mass is 9.89. The molecule has 2 aliphatic carbocycles. The fourth-order valence-corrected chi connectivity index (χ4v) is 5.62. The molecule has 0 radical (unpaired) electrons. The fraction of sp³-hybridized carbons (Fsp3) is 0.667. The molecular formula is C27H37N3O5. The van der Waals surface area contributed by atoms with Crippen molar-refractivity contribution in [3.05, 3.63) is 23.8 Å². The molecule has 3 amide bonds. The Bertz CT molecular complexity index is 956. The smallest absolute Gasteiger partial charge is 0.257 e. The molecule has 1 aromatic rings. The normalized spacial score (nSPS) is 27.1. The molecule has 0 unspecified atom stereocenters. The average Bonchev–Trinajstić information content (AvgIpc) is 3.72. The Balaban J connectivity index is 1.19. The van der Waals surface area contributed by atoms with Gasteiger partial charge in [-0.15, -0.1) is 0 Å². The van der Waals surface area contributed by atoms with Crippen molar-refractivity contribution in [2.24, 2.45) is 11.8 Å². The van der Waals surface area contributed by atoms with Crippen molar-refractivity contribution in [1.82, 2.24) is 10.2 Å². The lowest BCUT2D eigenvalue weighted by molar-refractivity contribution is -0.134. The second-order valence-corrected chi connectivity index (χ2v) is 10.7. The van der Waals surface area contributed by atoms with Gasteiger partial charge in [-0.2, -0.15) is 0 Å². The zero-order chi connectivity index (χ0) is 24.4. The van der Waals surface area contributed by atoms with Gasteiger partial charge in [-0.1, -0.05) is 19.3 Å². The molecular weight excluding hydrogens is 446 g/mol. The number of hydrogen-bond acceptors (Lipinski definition) is 5. The van der Waals surface area contributed by atoms with E-state index in [-0.39, 0.29) is 41.9 Å². The number of carbonyl (C=O) groups is 3. The molecule has 8 heteroatoms. The van der Waals surface area contributed by atoms with Gasteiger partial charge in [-0.3, -0.25) is 14.4 Å². The standard InChI is InChI=1S/C27H37N3O5/c1-30-22-11-10-20(14-25(31)28-15-17-5-3-2-4-6-17)35-24(22)16-34-23-12-9-19(13-21(23)27(30)33)29-26(32)18-7-8-18/h9,12-13,17-18,20,22,24H,2-8,10-11,14-16H2,1H3,(H,28,31)(H,29,32)/t20-,22+,24-/m0/s1. The first-order chi connectivity index (χ1) is 17.0. The van der Waals surface area contributed by atoms with Gasteiger partial charge in [0.1, 0.15) is 18.5 Å². The van der Waals surface area contributed by atoms with Crippen LogP contribution >= 0.6 is 0 Å². The van der Waals surface area contributed by atoms with Crippen LogP contribution in [0.15, 0.2) is 18.2 Å². The first-order valence-corrected chi connectivity index (χ1v) is 13.2. The molecule has 5 rings (SSSR count). The van der Waals surface area contributed by atoms with Crippen LogP contribution < -0.4 is 15.4 Å². The fourth-order valence-electron chi connectivity index (χ4n) is 5.62. The average molecular weight is 484 g/mol. The minimum Gasteiger partial charge on any atom is -0.490 e. The maximum absolute atomic E-state index is 13.3. The van der Waals surface area contributed by atoms with Gasteiger partial charge in [0.2, 0.25) is 11.8 Å². The predicted octanol–water partition coefficient (Wildman–Crippen LogP) is 3.50. The summed E-state index contributed by atoms with van der Waals surface area (Å²) < 4.78 is 12.3. The van der Waals surface area contributed by atoms with Gasteiger partial charge >= 0.3 is 0 Å². The number of ether oxygens (including phenoxy) is 2. The number of amides is 3. The molecule has 0 bridgehead atoms. The van der Waals surface area contributed by atoms with E-state index >= 15 is 0 Å². The maximum atomic E-state index is 13.3. The molecule has 1 saturated heterocycles. The largest absolute Gasteiger partial charge is 0.490 e. The van der Waals surface area contributed by atoms with Crippen LogP contribution in [0.4, 0.5) is 5.69 Å². The lowest BCUT2D eigenvalue weighted by Gasteiger charge is -2.42. The Kier molecular flexibility index (Phi) is 7.27. The number of nitrogens with zero attached hydrogens (tertiary/aromatic N) is 1. The summed E-state index contributed by atoms with van der Waals surface area (Å²) in [5, 5.41) is 6.02. The van der Waals surface area contributed by atoms with Gasteiger partial charge < -0.3 is 25.0 Å². The molecule has 8 nitrogen and oxygen atoms in total. The summed E-state index contributed by atoms with van der Waals surface area (Å²) in [4.78, 5) is 39.8. The Morgan fingerprint density at radius 1 is 1.06 bits per heavy atom. The van der Waals surface area contributed by atoms with Gasteiger partial charge in [0, 0.05) is 25.2 Å². The van der Waals surface area contributed by atoms with E-state index in [2.05, 4.69) is 10.6 Å². The molecule has 2 saturated carbocycles. The summed E-state index contributed by atoms with van der Waals surface area (Å²) in [5.41, 5.74) is 1.06. The van der Waals surface area contributed by atoms with Gasteiger partial charge in [0.15, 0.2) is 0 Å². The van der Waals surface area contributed by atoms with Crippen LogP contribution in [0.5, 0.6) is 5.75 Å². The van der Waals surface area contributed by atoms with E-state index in [0.29, 0.717) is 35.9 Å². The lowest BCUT2D eigenvalue weighted by Crippen LogP contribution is -2.54. The Morgan fingerprint density at radius 2 is 1.86 bits per heavy atom. The van der Waals surface area contributed by atoms with Crippen molar-refractivity contribution in [3.8, 4) is 5.75 Å². The maximum Gasteiger partial charge on any atom is 0.257 e. The number of benzene rings is 1. The molecule has 3 fully saturated rings. The summed E-state index contributed by atoms with van der Waals surface area (Å²) >= 11 is 0. The molecule has 0 aromatic heterocycles. The molecule has 4 aliphatic rings. The van der Waals surface area contributed by atoms with E-state index in [4.69, 9.17) is 9.47 Å².